The van der Waals surface area contributed by atoms with Crippen LogP contribution in [0.3, 0.4) is 0 Å². The van der Waals surface area contributed by atoms with Gasteiger partial charge in [0.15, 0.2) is 0 Å². The van der Waals surface area contributed by atoms with Crippen LogP contribution in [0.15, 0.2) is 41.3 Å². The fourth-order valence-electron chi connectivity index (χ4n) is 2.02. The van der Waals surface area contributed by atoms with Crippen LogP contribution in [-0.4, -0.2) is 21.5 Å². The highest BCUT2D eigenvalue weighted by molar-refractivity contribution is 7.89. The zero-order valence-corrected chi connectivity index (χ0v) is 15.3. The number of hydrogen-bond donors (Lipinski definition) is 1. The fraction of sp³-hybridized carbons (Fsp3) is 0.188. The van der Waals surface area contributed by atoms with Gasteiger partial charge in [0.2, 0.25) is 10.0 Å². The molecule has 0 unspecified atom stereocenters. The molecule has 0 fully saturated rings. The Morgan fingerprint density at radius 1 is 1.17 bits per heavy atom. The lowest BCUT2D eigenvalue weighted by Crippen LogP contribution is -2.24. The van der Waals surface area contributed by atoms with E-state index in [4.69, 9.17) is 23.2 Å². The third-order valence-electron chi connectivity index (χ3n) is 3.39. The third-order valence-corrected chi connectivity index (χ3v) is 5.38. The molecule has 0 aromatic heterocycles. The Kier molecular flexibility index (Phi) is 5.87. The zero-order valence-electron chi connectivity index (χ0n) is 13.0. The number of benzene rings is 2. The van der Waals surface area contributed by atoms with Gasteiger partial charge < -0.3 is 4.74 Å². The van der Waals surface area contributed by atoms with Gasteiger partial charge in [-0.15, -0.1) is 0 Å². The molecule has 5 nitrogen and oxygen atoms in total. The maximum Gasteiger partial charge on any atom is 0.338 e. The van der Waals surface area contributed by atoms with Gasteiger partial charge in [0.1, 0.15) is 0 Å². The minimum atomic E-state index is -3.82. The number of sulfonamides is 1. The number of esters is 1. The van der Waals surface area contributed by atoms with Crippen LogP contribution in [0, 0.1) is 6.92 Å². The summed E-state index contributed by atoms with van der Waals surface area (Å²) in [5, 5.41) is 0.831. The number of halogens is 2. The number of nitrogens with one attached hydrogen (secondary N) is 1. The summed E-state index contributed by atoms with van der Waals surface area (Å²) in [6.45, 7) is 1.70. The van der Waals surface area contributed by atoms with Crippen molar-refractivity contribution in [2.45, 2.75) is 18.4 Å². The van der Waals surface area contributed by atoms with Crippen LogP contribution < -0.4 is 4.72 Å². The Balaban J connectivity index is 2.26. The van der Waals surface area contributed by atoms with E-state index in [0.29, 0.717) is 21.2 Å². The molecule has 0 saturated heterocycles. The summed E-state index contributed by atoms with van der Waals surface area (Å²) in [5.74, 6) is -0.592. The van der Waals surface area contributed by atoms with Crippen LogP contribution in [0.25, 0.3) is 0 Å². The molecule has 0 spiro atoms. The molecule has 0 aliphatic carbocycles. The second-order valence-corrected chi connectivity index (χ2v) is 7.64. The Morgan fingerprint density at radius 3 is 2.50 bits per heavy atom. The molecule has 8 heteroatoms. The standard InChI is InChI=1S/C16H15Cl2NO4S/c1-10-3-6-13(8-14(10)16(20)23-2)24(21,22)19-9-11-4-5-12(17)7-15(11)18/h3-8,19H,9H2,1-2H3. The Labute approximate surface area is 150 Å². The fourth-order valence-corrected chi connectivity index (χ4v) is 3.53. The van der Waals surface area contributed by atoms with Gasteiger partial charge in [-0.2, -0.15) is 0 Å². The summed E-state index contributed by atoms with van der Waals surface area (Å²) in [7, 11) is -2.58. The minimum Gasteiger partial charge on any atom is -0.465 e. The zero-order chi connectivity index (χ0) is 17.9. The second kappa shape index (κ2) is 7.53. The smallest absolute Gasteiger partial charge is 0.338 e. The van der Waals surface area contributed by atoms with Crippen LogP contribution in [0.5, 0.6) is 0 Å². The summed E-state index contributed by atoms with van der Waals surface area (Å²) in [5.41, 5.74) is 1.41. The van der Waals surface area contributed by atoms with Crippen LogP contribution in [0.4, 0.5) is 0 Å². The van der Waals surface area contributed by atoms with E-state index >= 15 is 0 Å². The highest BCUT2D eigenvalue weighted by Crippen LogP contribution is 2.22. The highest BCUT2D eigenvalue weighted by atomic mass is 35.5. The molecule has 1 N–H and O–H groups in total. The van der Waals surface area contributed by atoms with Gasteiger partial charge in [-0.3, -0.25) is 0 Å². The van der Waals surface area contributed by atoms with Crippen molar-refractivity contribution in [2.75, 3.05) is 7.11 Å². The predicted octanol–water partition coefficient (Wildman–Crippen LogP) is 3.57. The van der Waals surface area contributed by atoms with E-state index in [1.807, 2.05) is 0 Å². The topological polar surface area (TPSA) is 72.5 Å². The first-order chi connectivity index (χ1) is 11.2. The lowest BCUT2D eigenvalue weighted by atomic mass is 10.1. The van der Waals surface area contributed by atoms with Crippen molar-refractivity contribution < 1.29 is 17.9 Å². The maximum atomic E-state index is 12.4. The van der Waals surface area contributed by atoms with E-state index in [-0.39, 0.29) is 17.0 Å². The van der Waals surface area contributed by atoms with Crippen LogP contribution in [0.2, 0.25) is 10.0 Å². The van der Waals surface area contributed by atoms with Crippen molar-refractivity contribution in [1.82, 2.24) is 4.72 Å². The van der Waals surface area contributed by atoms with Crippen LogP contribution in [0.1, 0.15) is 21.5 Å². The number of ether oxygens (including phenoxy) is 1. The predicted molar refractivity (Wildman–Crippen MR) is 93.0 cm³/mol. The Bertz CT molecular complexity index is 882. The largest absolute Gasteiger partial charge is 0.465 e. The van der Waals surface area contributed by atoms with Crippen molar-refractivity contribution in [2.24, 2.45) is 0 Å². The Morgan fingerprint density at radius 2 is 1.88 bits per heavy atom. The molecule has 0 aliphatic rings. The number of carbonyl (C=O) groups excluding carboxylic acids is 1. The first-order valence-electron chi connectivity index (χ1n) is 6.87. The van der Waals surface area contributed by atoms with Crippen molar-refractivity contribution in [3.63, 3.8) is 0 Å². The average Bonchev–Trinajstić information content (AvgIpc) is 2.53. The molecule has 0 bridgehead atoms. The summed E-state index contributed by atoms with van der Waals surface area (Å²) < 4.78 is 32.0. The quantitative estimate of drug-likeness (QED) is 0.795. The number of rotatable bonds is 5. The molecule has 24 heavy (non-hydrogen) atoms. The van der Waals surface area contributed by atoms with Gasteiger partial charge in [-0.05, 0) is 42.3 Å². The van der Waals surface area contributed by atoms with Crippen molar-refractivity contribution >= 4 is 39.2 Å². The van der Waals surface area contributed by atoms with Gasteiger partial charge in [-0.25, -0.2) is 17.9 Å². The van der Waals surface area contributed by atoms with E-state index < -0.39 is 16.0 Å². The van der Waals surface area contributed by atoms with Crippen molar-refractivity contribution in [3.05, 3.63) is 63.1 Å². The number of hydrogen-bond acceptors (Lipinski definition) is 4. The molecule has 0 atom stereocenters. The molecular weight excluding hydrogens is 373 g/mol. The average molecular weight is 388 g/mol. The molecule has 128 valence electrons. The Hall–Kier alpha value is -1.60. The molecule has 0 radical (unpaired) electrons. The first kappa shape index (κ1) is 18.7. The van der Waals surface area contributed by atoms with Gasteiger partial charge in [0, 0.05) is 16.6 Å². The lowest BCUT2D eigenvalue weighted by Gasteiger charge is -2.10. The van der Waals surface area contributed by atoms with Crippen LogP contribution in [-0.2, 0) is 21.3 Å². The first-order valence-corrected chi connectivity index (χ1v) is 9.11. The number of methoxy groups -OCH3 is 1. The third kappa shape index (κ3) is 4.27. The van der Waals surface area contributed by atoms with E-state index in [2.05, 4.69) is 9.46 Å². The molecule has 0 saturated carbocycles. The summed E-state index contributed by atoms with van der Waals surface area (Å²) in [6, 6.07) is 9.06. The van der Waals surface area contributed by atoms with E-state index in [1.165, 1.54) is 25.3 Å². The summed E-state index contributed by atoms with van der Waals surface area (Å²) in [4.78, 5) is 11.7. The summed E-state index contributed by atoms with van der Waals surface area (Å²) in [6.07, 6.45) is 0. The molecule has 0 amide bonds. The van der Waals surface area contributed by atoms with Gasteiger partial charge >= 0.3 is 5.97 Å². The van der Waals surface area contributed by atoms with E-state index in [9.17, 15) is 13.2 Å². The molecule has 0 heterocycles. The van der Waals surface area contributed by atoms with Gasteiger partial charge in [0.05, 0.1) is 17.6 Å². The summed E-state index contributed by atoms with van der Waals surface area (Å²) >= 11 is 11.8. The lowest BCUT2D eigenvalue weighted by molar-refractivity contribution is 0.0599. The molecule has 0 aliphatic heterocycles. The molecular formula is C16H15Cl2NO4S. The minimum absolute atomic E-state index is 0.000229. The normalized spacial score (nSPS) is 11.3. The molecule has 2 aromatic rings. The van der Waals surface area contributed by atoms with Gasteiger partial charge in [0.25, 0.3) is 0 Å². The van der Waals surface area contributed by atoms with Gasteiger partial charge in [-0.1, -0.05) is 35.3 Å². The highest BCUT2D eigenvalue weighted by Gasteiger charge is 2.18. The van der Waals surface area contributed by atoms with E-state index in [0.717, 1.165) is 0 Å². The second-order valence-electron chi connectivity index (χ2n) is 5.03. The van der Waals surface area contributed by atoms with Crippen LogP contribution >= 0.6 is 23.2 Å². The van der Waals surface area contributed by atoms with E-state index in [1.54, 1.807) is 25.1 Å². The molecule has 2 aromatic carbocycles. The van der Waals surface area contributed by atoms with Crippen molar-refractivity contribution in [1.29, 1.82) is 0 Å². The molecule has 2 rings (SSSR count). The number of aryl methyl sites for hydroxylation is 1. The maximum absolute atomic E-state index is 12.4. The monoisotopic (exact) mass is 387 g/mol. The SMILES string of the molecule is COC(=O)c1cc(S(=O)(=O)NCc2ccc(Cl)cc2Cl)ccc1C. The van der Waals surface area contributed by atoms with Crippen molar-refractivity contribution in [3.8, 4) is 0 Å². The number of carbonyl (C=O) groups is 1.